The minimum absolute atomic E-state index is 0.328. The molecular weight excluding hydrogens is 290 g/mol. The van der Waals surface area contributed by atoms with Crippen molar-refractivity contribution in [2.45, 2.75) is 6.92 Å². The number of imide groups is 1. The monoisotopic (exact) mass is 301 g/mol. The molecule has 0 fully saturated rings. The van der Waals surface area contributed by atoms with E-state index < -0.39 is 0 Å². The molecule has 2 aromatic carbocycles. The van der Waals surface area contributed by atoms with Gasteiger partial charge in [0, 0.05) is 11.1 Å². The number of carbonyl (C=O) groups is 2. The second kappa shape index (κ2) is 5.22. The van der Waals surface area contributed by atoms with Crippen molar-refractivity contribution in [1.82, 2.24) is 0 Å². The summed E-state index contributed by atoms with van der Waals surface area (Å²) in [6, 6.07) is 11.6. The lowest BCUT2D eigenvalue weighted by Crippen LogP contribution is -2.29. The van der Waals surface area contributed by atoms with Crippen molar-refractivity contribution in [3.63, 3.8) is 0 Å². The third-order valence-corrected chi connectivity index (χ3v) is 3.47. The van der Waals surface area contributed by atoms with Gasteiger partial charge in [-0.15, -0.1) is 0 Å². The van der Waals surface area contributed by atoms with Crippen LogP contribution in [0.25, 0.3) is 0 Å². The molecule has 4 nitrogen and oxygen atoms in total. The SMILES string of the molecule is CCOc1cccc(N2C(=O)c3ccc(Cl)cc3C2=O)c1. The second-order valence-corrected chi connectivity index (χ2v) is 5.00. The molecule has 5 heteroatoms. The van der Waals surface area contributed by atoms with Gasteiger partial charge in [0.1, 0.15) is 5.75 Å². The molecule has 0 atom stereocenters. The molecule has 0 bridgehead atoms. The van der Waals surface area contributed by atoms with Crippen LogP contribution in [0.1, 0.15) is 27.6 Å². The molecule has 0 saturated carbocycles. The fourth-order valence-corrected chi connectivity index (χ4v) is 2.50. The molecule has 0 unspecified atom stereocenters. The maximum absolute atomic E-state index is 12.4. The summed E-state index contributed by atoms with van der Waals surface area (Å²) in [7, 11) is 0. The standard InChI is InChI=1S/C16H12ClNO3/c1-2-21-12-5-3-4-11(9-12)18-15(19)13-7-6-10(17)8-14(13)16(18)20/h3-9H,2H2,1H3. The zero-order valence-electron chi connectivity index (χ0n) is 11.3. The first-order chi connectivity index (χ1) is 10.1. The molecule has 1 aliphatic rings. The van der Waals surface area contributed by atoms with E-state index in [2.05, 4.69) is 0 Å². The topological polar surface area (TPSA) is 46.6 Å². The minimum Gasteiger partial charge on any atom is -0.494 e. The van der Waals surface area contributed by atoms with E-state index in [1.54, 1.807) is 36.4 Å². The molecule has 0 radical (unpaired) electrons. The predicted octanol–water partition coefficient (Wildman–Crippen LogP) is 3.54. The summed E-state index contributed by atoms with van der Waals surface area (Å²) in [5, 5.41) is 0.430. The van der Waals surface area contributed by atoms with Crippen LogP contribution in [-0.4, -0.2) is 18.4 Å². The summed E-state index contributed by atoms with van der Waals surface area (Å²) >= 11 is 5.89. The highest BCUT2D eigenvalue weighted by molar-refractivity contribution is 6.36. The first-order valence-electron chi connectivity index (χ1n) is 6.53. The number of nitrogens with zero attached hydrogens (tertiary/aromatic N) is 1. The van der Waals surface area contributed by atoms with Gasteiger partial charge in [-0.1, -0.05) is 17.7 Å². The molecule has 2 amide bonds. The van der Waals surface area contributed by atoms with Crippen molar-refractivity contribution in [2.24, 2.45) is 0 Å². The molecule has 21 heavy (non-hydrogen) atoms. The number of carbonyl (C=O) groups excluding carboxylic acids is 2. The average Bonchev–Trinajstić information content (AvgIpc) is 2.71. The molecule has 3 rings (SSSR count). The molecule has 0 spiro atoms. The highest BCUT2D eigenvalue weighted by Crippen LogP contribution is 2.31. The average molecular weight is 302 g/mol. The van der Waals surface area contributed by atoms with Crippen LogP contribution in [0, 0.1) is 0 Å². The normalized spacial score (nSPS) is 13.5. The molecule has 1 aliphatic heterocycles. The lowest BCUT2D eigenvalue weighted by Gasteiger charge is -2.15. The Labute approximate surface area is 126 Å². The number of fused-ring (bicyclic) bond motifs is 1. The number of halogens is 1. The molecule has 0 aliphatic carbocycles. The fourth-order valence-electron chi connectivity index (χ4n) is 2.33. The quantitative estimate of drug-likeness (QED) is 0.815. The Bertz CT molecular complexity index is 742. The highest BCUT2D eigenvalue weighted by atomic mass is 35.5. The number of amides is 2. The van der Waals surface area contributed by atoms with Crippen molar-refractivity contribution in [2.75, 3.05) is 11.5 Å². The van der Waals surface area contributed by atoms with E-state index in [0.29, 0.717) is 34.2 Å². The van der Waals surface area contributed by atoms with E-state index >= 15 is 0 Å². The van der Waals surface area contributed by atoms with Crippen molar-refractivity contribution in [3.8, 4) is 5.75 Å². The Kier molecular flexibility index (Phi) is 3.39. The number of anilines is 1. The van der Waals surface area contributed by atoms with Crippen molar-refractivity contribution >= 4 is 29.1 Å². The Hall–Kier alpha value is -2.33. The van der Waals surface area contributed by atoms with Crippen molar-refractivity contribution in [3.05, 3.63) is 58.6 Å². The van der Waals surface area contributed by atoms with Gasteiger partial charge in [-0.25, -0.2) is 4.90 Å². The number of ether oxygens (including phenoxy) is 1. The van der Waals surface area contributed by atoms with Crippen LogP contribution >= 0.6 is 11.6 Å². The smallest absolute Gasteiger partial charge is 0.266 e. The van der Waals surface area contributed by atoms with E-state index in [0.717, 1.165) is 4.90 Å². The number of rotatable bonds is 3. The summed E-state index contributed by atoms with van der Waals surface area (Å²) in [5.74, 6) is -0.101. The zero-order chi connectivity index (χ0) is 15.0. The number of hydrogen-bond acceptors (Lipinski definition) is 3. The minimum atomic E-state index is -0.369. The summed E-state index contributed by atoms with van der Waals surface area (Å²) in [4.78, 5) is 26.0. The maximum atomic E-state index is 12.4. The van der Waals surface area contributed by atoms with E-state index in [1.165, 1.54) is 6.07 Å². The van der Waals surface area contributed by atoms with Crippen LogP contribution in [0.3, 0.4) is 0 Å². The largest absolute Gasteiger partial charge is 0.494 e. The molecule has 2 aromatic rings. The molecule has 0 saturated heterocycles. The third-order valence-electron chi connectivity index (χ3n) is 3.24. The molecule has 1 heterocycles. The van der Waals surface area contributed by atoms with E-state index in [4.69, 9.17) is 16.3 Å². The summed E-state index contributed by atoms with van der Waals surface area (Å²) in [6.07, 6.45) is 0. The highest BCUT2D eigenvalue weighted by Gasteiger charge is 2.36. The van der Waals surface area contributed by atoms with E-state index in [1.807, 2.05) is 6.92 Å². The fraction of sp³-hybridized carbons (Fsp3) is 0.125. The molecule has 0 N–H and O–H groups in total. The summed E-state index contributed by atoms with van der Waals surface area (Å²) < 4.78 is 5.40. The van der Waals surface area contributed by atoms with Crippen molar-refractivity contribution in [1.29, 1.82) is 0 Å². The van der Waals surface area contributed by atoms with Gasteiger partial charge in [-0.3, -0.25) is 9.59 Å². The van der Waals surface area contributed by atoms with Gasteiger partial charge in [0.15, 0.2) is 0 Å². The van der Waals surface area contributed by atoms with Gasteiger partial charge < -0.3 is 4.74 Å². The van der Waals surface area contributed by atoms with Crippen LogP contribution in [0.4, 0.5) is 5.69 Å². The Morgan fingerprint density at radius 1 is 1.05 bits per heavy atom. The van der Waals surface area contributed by atoms with Crippen LogP contribution in [0.5, 0.6) is 5.75 Å². The van der Waals surface area contributed by atoms with Gasteiger partial charge in [-0.05, 0) is 37.3 Å². The van der Waals surface area contributed by atoms with Gasteiger partial charge in [0.2, 0.25) is 0 Å². The maximum Gasteiger partial charge on any atom is 0.266 e. The third kappa shape index (κ3) is 2.28. The lowest BCUT2D eigenvalue weighted by atomic mass is 10.1. The van der Waals surface area contributed by atoms with Gasteiger partial charge in [0.25, 0.3) is 11.8 Å². The first kappa shape index (κ1) is 13.6. The van der Waals surface area contributed by atoms with E-state index in [9.17, 15) is 9.59 Å². The van der Waals surface area contributed by atoms with Crippen LogP contribution in [0.2, 0.25) is 5.02 Å². The second-order valence-electron chi connectivity index (χ2n) is 4.57. The number of benzene rings is 2. The summed E-state index contributed by atoms with van der Waals surface area (Å²) in [6.45, 7) is 2.39. The first-order valence-corrected chi connectivity index (χ1v) is 6.91. The van der Waals surface area contributed by atoms with Gasteiger partial charge >= 0.3 is 0 Å². The van der Waals surface area contributed by atoms with Gasteiger partial charge in [0.05, 0.1) is 23.4 Å². The number of hydrogen-bond donors (Lipinski definition) is 0. The Morgan fingerprint density at radius 2 is 1.81 bits per heavy atom. The zero-order valence-corrected chi connectivity index (χ0v) is 12.1. The Morgan fingerprint density at radius 3 is 2.57 bits per heavy atom. The van der Waals surface area contributed by atoms with Crippen LogP contribution in [-0.2, 0) is 0 Å². The van der Waals surface area contributed by atoms with Crippen LogP contribution in [0.15, 0.2) is 42.5 Å². The summed E-state index contributed by atoms with van der Waals surface area (Å²) in [5.41, 5.74) is 1.18. The Balaban J connectivity index is 2.03. The van der Waals surface area contributed by atoms with Crippen molar-refractivity contribution < 1.29 is 14.3 Å². The molecule has 0 aromatic heterocycles. The molecule has 106 valence electrons. The lowest BCUT2D eigenvalue weighted by molar-refractivity contribution is 0.0926. The molecular formula is C16H12ClNO3. The van der Waals surface area contributed by atoms with Gasteiger partial charge in [-0.2, -0.15) is 0 Å². The van der Waals surface area contributed by atoms with Crippen LogP contribution < -0.4 is 9.64 Å². The van der Waals surface area contributed by atoms with E-state index in [-0.39, 0.29) is 11.8 Å². The predicted molar refractivity (Wildman–Crippen MR) is 80.2 cm³/mol.